The van der Waals surface area contributed by atoms with Gasteiger partial charge in [0.15, 0.2) is 0 Å². The van der Waals surface area contributed by atoms with Gasteiger partial charge in [0.2, 0.25) is 0 Å². The first kappa shape index (κ1) is 20.0. The minimum absolute atomic E-state index is 0.194. The summed E-state index contributed by atoms with van der Waals surface area (Å²) in [6, 6.07) is 8.14. The van der Waals surface area contributed by atoms with Gasteiger partial charge in [0.25, 0.3) is 12.0 Å². The molecule has 1 saturated heterocycles. The number of rotatable bonds is 3. The van der Waals surface area contributed by atoms with Crippen molar-refractivity contribution in [1.82, 2.24) is 14.8 Å². The Morgan fingerprint density at radius 1 is 1.03 bits per heavy atom. The van der Waals surface area contributed by atoms with Crippen LogP contribution in [0.4, 0.5) is 0 Å². The maximum atomic E-state index is 6.14. The fourth-order valence-corrected chi connectivity index (χ4v) is 3.49. The zero-order valence-electron chi connectivity index (χ0n) is 18.4. The van der Waals surface area contributed by atoms with Gasteiger partial charge in [-0.3, -0.25) is 0 Å². The van der Waals surface area contributed by atoms with Gasteiger partial charge in [0, 0.05) is 0 Å². The van der Waals surface area contributed by atoms with Gasteiger partial charge in [0.05, 0.1) is 29.6 Å². The van der Waals surface area contributed by atoms with Crippen LogP contribution in [0.5, 0.6) is 0 Å². The van der Waals surface area contributed by atoms with E-state index >= 15 is 0 Å². The summed E-state index contributed by atoms with van der Waals surface area (Å²) in [5.41, 5.74) is 2.31. The molecular formula is C22H30BN4O2+. The first-order chi connectivity index (χ1) is 13.5. The van der Waals surface area contributed by atoms with Crippen LogP contribution in [0.3, 0.4) is 0 Å². The van der Waals surface area contributed by atoms with Crippen LogP contribution < -0.4 is 10.0 Å². The molecule has 1 aliphatic rings. The Labute approximate surface area is 173 Å². The topological polar surface area (TPSA) is 53.1 Å². The summed E-state index contributed by atoms with van der Waals surface area (Å²) < 4.78 is 16.3. The first-order valence-electron chi connectivity index (χ1n) is 10.1. The molecule has 6 nitrogen and oxygen atoms in total. The van der Waals surface area contributed by atoms with Crippen LogP contribution in [0.15, 0.2) is 43.0 Å². The second kappa shape index (κ2) is 6.64. The molecule has 0 spiro atoms. The number of nitrogens with zero attached hydrogens (tertiary/aromatic N) is 4. The Hall–Kier alpha value is -2.25. The Kier molecular flexibility index (Phi) is 4.59. The van der Waals surface area contributed by atoms with Gasteiger partial charge < -0.3 is 9.31 Å². The normalized spacial score (nSPS) is 18.5. The molecule has 1 aliphatic heterocycles. The summed E-state index contributed by atoms with van der Waals surface area (Å²) in [6.07, 6.45) is 5.85. The van der Waals surface area contributed by atoms with Gasteiger partial charge in [-0.2, -0.15) is 9.78 Å². The summed E-state index contributed by atoms with van der Waals surface area (Å²) in [7, 11) is -0.363. The zero-order chi connectivity index (χ0) is 21.0. The number of aromatic nitrogens is 4. The summed E-state index contributed by atoms with van der Waals surface area (Å²) in [6.45, 7) is 15.8. The van der Waals surface area contributed by atoms with Crippen molar-refractivity contribution < 1.29 is 13.9 Å². The van der Waals surface area contributed by atoms with Gasteiger partial charge in [-0.25, -0.2) is 4.57 Å². The fraction of sp³-hybridized carbons (Fsp3) is 0.500. The molecule has 0 N–H and O–H groups in total. The minimum atomic E-state index is -0.363. The highest BCUT2D eigenvalue weighted by Crippen LogP contribution is 2.36. The van der Waals surface area contributed by atoms with Crippen LogP contribution in [0.2, 0.25) is 0 Å². The van der Waals surface area contributed by atoms with Gasteiger partial charge in [-0.1, -0.05) is 32.9 Å². The van der Waals surface area contributed by atoms with Crippen molar-refractivity contribution in [3.05, 3.63) is 43.0 Å². The average Bonchev–Trinajstić information content (AvgIpc) is 3.11. The Morgan fingerprint density at radius 2 is 1.66 bits per heavy atom. The Bertz CT molecular complexity index is 1020. The lowest BCUT2D eigenvalue weighted by Crippen LogP contribution is -2.41. The molecule has 4 rings (SSSR count). The Balaban J connectivity index is 1.59. The smallest absolute Gasteiger partial charge is 0.399 e. The molecule has 3 heterocycles. The molecule has 3 aromatic rings. The summed E-state index contributed by atoms with van der Waals surface area (Å²) >= 11 is 0. The third-order valence-corrected chi connectivity index (χ3v) is 5.72. The molecule has 0 unspecified atom stereocenters. The third kappa shape index (κ3) is 3.81. The number of hydrogen-bond acceptors (Lipinski definition) is 4. The lowest BCUT2D eigenvalue weighted by Gasteiger charge is -2.32. The van der Waals surface area contributed by atoms with E-state index in [9.17, 15) is 0 Å². The van der Waals surface area contributed by atoms with Crippen molar-refractivity contribution in [3.63, 3.8) is 0 Å². The highest BCUT2D eigenvalue weighted by atomic mass is 16.7. The Morgan fingerprint density at radius 3 is 2.24 bits per heavy atom. The molecular weight excluding hydrogens is 363 g/mol. The van der Waals surface area contributed by atoms with Crippen molar-refractivity contribution in [1.29, 1.82) is 0 Å². The molecule has 0 aliphatic carbocycles. The molecule has 29 heavy (non-hydrogen) atoms. The van der Waals surface area contributed by atoms with Gasteiger partial charge in [-0.15, -0.1) is 0 Å². The number of benzene rings is 1. The molecule has 7 heteroatoms. The second-order valence-electron chi connectivity index (χ2n) is 10.1. The van der Waals surface area contributed by atoms with Gasteiger partial charge >= 0.3 is 7.12 Å². The van der Waals surface area contributed by atoms with Crippen molar-refractivity contribution >= 4 is 23.6 Å². The number of hydrogen-bond donors (Lipinski definition) is 0. The molecule has 2 aromatic heterocycles. The highest BCUT2D eigenvalue weighted by Gasteiger charge is 2.51. The molecule has 1 aromatic carbocycles. The summed E-state index contributed by atoms with van der Waals surface area (Å²) in [5.74, 6) is 0. The molecule has 0 bridgehead atoms. The van der Waals surface area contributed by atoms with Crippen molar-refractivity contribution in [2.75, 3.05) is 0 Å². The molecule has 1 fully saturated rings. The monoisotopic (exact) mass is 393 g/mol. The average molecular weight is 393 g/mol. The van der Waals surface area contributed by atoms with Gasteiger partial charge in [-0.05, 0) is 55.7 Å². The largest absolute Gasteiger partial charge is 0.494 e. The van der Waals surface area contributed by atoms with E-state index in [1.807, 2.05) is 41.5 Å². The van der Waals surface area contributed by atoms with Crippen LogP contribution in [-0.4, -0.2) is 33.1 Å². The van der Waals surface area contributed by atoms with Crippen LogP contribution in [0.1, 0.15) is 48.5 Å². The predicted molar refractivity (Wildman–Crippen MR) is 114 cm³/mol. The van der Waals surface area contributed by atoms with E-state index in [2.05, 4.69) is 69.3 Å². The van der Waals surface area contributed by atoms with Crippen LogP contribution in [0, 0.1) is 5.41 Å². The third-order valence-electron chi connectivity index (χ3n) is 5.72. The quantitative estimate of drug-likeness (QED) is 0.507. The standard InChI is InChI=1S/C22H30BN4O2/c1-20(2,3)14-26-13-16-12-25-27(19(16)24-15-26)18-10-8-17(9-11-18)23-28-21(4,5)22(6,7)29-23/h8-13,15H,14H2,1-7H3/q+1. The van der Waals surface area contributed by atoms with Crippen LogP contribution >= 0.6 is 0 Å². The summed E-state index contributed by atoms with van der Waals surface area (Å²) in [4.78, 5) is 4.65. The second-order valence-corrected chi connectivity index (χ2v) is 10.1. The van der Waals surface area contributed by atoms with Crippen molar-refractivity contribution in [2.45, 2.75) is 66.2 Å². The van der Waals surface area contributed by atoms with E-state index in [0.29, 0.717) is 0 Å². The van der Waals surface area contributed by atoms with Crippen molar-refractivity contribution in [3.8, 4) is 5.69 Å². The molecule has 152 valence electrons. The fourth-order valence-electron chi connectivity index (χ4n) is 3.49. The van der Waals surface area contributed by atoms with Gasteiger partial charge in [0.1, 0.15) is 11.6 Å². The maximum absolute atomic E-state index is 6.14. The number of fused-ring (bicyclic) bond motifs is 1. The van der Waals surface area contributed by atoms with E-state index in [0.717, 1.165) is 28.7 Å². The molecule has 0 radical (unpaired) electrons. The summed E-state index contributed by atoms with van der Waals surface area (Å²) in [5, 5.41) is 5.58. The van der Waals surface area contributed by atoms with E-state index in [1.165, 1.54) is 0 Å². The van der Waals surface area contributed by atoms with E-state index in [-0.39, 0.29) is 23.7 Å². The van der Waals surface area contributed by atoms with Crippen molar-refractivity contribution in [2.24, 2.45) is 5.41 Å². The predicted octanol–water partition coefficient (Wildman–Crippen LogP) is 3.05. The molecule has 0 saturated carbocycles. The SMILES string of the molecule is CC(C)(C)C[n+]1cnc2c(cnn2-c2ccc(B3OC(C)(C)C(C)(C)O3)cc2)c1. The van der Waals surface area contributed by atoms with Crippen LogP contribution in [0.25, 0.3) is 16.7 Å². The van der Waals surface area contributed by atoms with E-state index in [1.54, 1.807) is 0 Å². The van der Waals surface area contributed by atoms with E-state index < -0.39 is 0 Å². The lowest BCUT2D eigenvalue weighted by molar-refractivity contribution is -0.709. The molecule has 0 amide bonds. The van der Waals surface area contributed by atoms with Crippen LogP contribution in [-0.2, 0) is 15.9 Å². The highest BCUT2D eigenvalue weighted by molar-refractivity contribution is 6.62. The van der Waals surface area contributed by atoms with E-state index in [4.69, 9.17) is 9.31 Å². The minimum Gasteiger partial charge on any atom is -0.399 e. The molecule has 0 atom stereocenters. The first-order valence-corrected chi connectivity index (χ1v) is 10.1. The lowest BCUT2D eigenvalue weighted by atomic mass is 9.79. The zero-order valence-corrected chi connectivity index (χ0v) is 18.4. The maximum Gasteiger partial charge on any atom is 0.494 e.